The highest BCUT2D eigenvalue weighted by Crippen LogP contribution is 2.22. The van der Waals surface area contributed by atoms with Gasteiger partial charge in [0.25, 0.3) is 0 Å². The Morgan fingerprint density at radius 1 is 1.26 bits per heavy atom. The molecule has 0 radical (unpaired) electrons. The van der Waals surface area contributed by atoms with Crippen molar-refractivity contribution in [3.05, 3.63) is 58.0 Å². The molecule has 0 bridgehead atoms. The molecule has 0 fully saturated rings. The summed E-state index contributed by atoms with van der Waals surface area (Å²) < 4.78 is 18.2. The number of ether oxygens (including phenoxy) is 1. The molecule has 1 N–H and O–H groups in total. The van der Waals surface area contributed by atoms with E-state index in [1.807, 2.05) is 17.5 Å². The summed E-state index contributed by atoms with van der Waals surface area (Å²) in [5.74, 6) is -0.932. The number of esters is 1. The number of nitrogens with one attached hydrogen (secondary N) is 1. The van der Waals surface area contributed by atoms with E-state index < -0.39 is 12.0 Å². The Labute approximate surface area is 138 Å². The fraction of sp³-hybridized carbons (Fsp3) is 0.294. The van der Waals surface area contributed by atoms with Gasteiger partial charge < -0.3 is 10.1 Å². The number of carbonyl (C=O) groups excluding carboxylic acids is 2. The molecule has 0 aliphatic carbocycles. The van der Waals surface area contributed by atoms with Gasteiger partial charge in [0.05, 0.1) is 19.6 Å². The van der Waals surface area contributed by atoms with E-state index in [-0.39, 0.29) is 24.6 Å². The lowest BCUT2D eigenvalue weighted by Gasteiger charge is -2.16. The van der Waals surface area contributed by atoms with Crippen molar-refractivity contribution in [3.8, 4) is 0 Å². The molecule has 1 unspecified atom stereocenters. The van der Waals surface area contributed by atoms with E-state index in [4.69, 9.17) is 0 Å². The molecule has 1 atom stereocenters. The van der Waals surface area contributed by atoms with Crippen LogP contribution in [0, 0.1) is 5.82 Å². The van der Waals surface area contributed by atoms with E-state index in [1.165, 1.54) is 24.5 Å². The zero-order valence-corrected chi connectivity index (χ0v) is 13.6. The Hall–Kier alpha value is -2.21. The second-order valence-electron chi connectivity index (χ2n) is 5.01. The van der Waals surface area contributed by atoms with E-state index in [1.54, 1.807) is 18.2 Å². The Morgan fingerprint density at radius 3 is 2.70 bits per heavy atom. The quantitative estimate of drug-likeness (QED) is 0.790. The number of rotatable bonds is 7. The Morgan fingerprint density at radius 2 is 2.04 bits per heavy atom. The first-order valence-corrected chi connectivity index (χ1v) is 8.11. The molecule has 1 aromatic carbocycles. The van der Waals surface area contributed by atoms with Crippen LogP contribution in [0.25, 0.3) is 0 Å². The third-order valence-electron chi connectivity index (χ3n) is 3.40. The number of hydrogen-bond acceptors (Lipinski definition) is 4. The maximum absolute atomic E-state index is 13.6. The van der Waals surface area contributed by atoms with Crippen molar-refractivity contribution in [2.24, 2.45) is 0 Å². The maximum Gasteiger partial charge on any atom is 0.307 e. The summed E-state index contributed by atoms with van der Waals surface area (Å²) in [5.41, 5.74) is 0.503. The molecule has 1 amide bonds. The predicted octanol–water partition coefficient (Wildman–Crippen LogP) is 3.24. The summed E-state index contributed by atoms with van der Waals surface area (Å²) in [4.78, 5) is 24.5. The molecule has 0 aliphatic rings. The molecule has 1 heterocycles. The summed E-state index contributed by atoms with van der Waals surface area (Å²) in [6.45, 7) is 0. The Bertz CT molecular complexity index is 658. The minimum absolute atomic E-state index is 0.0719. The van der Waals surface area contributed by atoms with Crippen LogP contribution in [0.1, 0.15) is 29.3 Å². The van der Waals surface area contributed by atoms with E-state index >= 15 is 0 Å². The first-order chi connectivity index (χ1) is 11.1. The van der Waals surface area contributed by atoms with Gasteiger partial charge in [-0.05, 0) is 29.5 Å². The van der Waals surface area contributed by atoms with Gasteiger partial charge in [-0.25, -0.2) is 4.39 Å². The van der Waals surface area contributed by atoms with Crippen LogP contribution in [-0.2, 0) is 20.7 Å². The molecule has 2 aromatic rings. The van der Waals surface area contributed by atoms with Gasteiger partial charge >= 0.3 is 5.97 Å². The standard InChI is InChI=1S/C17H18FNO3S/c1-22-17(21)11-14(15-7-4-10-23-15)19-16(20)9-8-12-5-2-3-6-13(12)18/h2-7,10,14H,8-9,11H2,1H3,(H,19,20). The smallest absolute Gasteiger partial charge is 0.307 e. The van der Waals surface area contributed by atoms with Crippen molar-refractivity contribution in [2.75, 3.05) is 7.11 Å². The van der Waals surface area contributed by atoms with Crippen LogP contribution >= 0.6 is 11.3 Å². The molecule has 0 aliphatic heterocycles. The monoisotopic (exact) mass is 335 g/mol. The van der Waals surface area contributed by atoms with E-state index in [0.717, 1.165) is 4.88 Å². The zero-order chi connectivity index (χ0) is 16.7. The topological polar surface area (TPSA) is 55.4 Å². The van der Waals surface area contributed by atoms with Gasteiger partial charge in [-0.2, -0.15) is 0 Å². The number of benzene rings is 1. The Balaban J connectivity index is 1.95. The number of thiophene rings is 1. The van der Waals surface area contributed by atoms with Gasteiger partial charge in [0.15, 0.2) is 0 Å². The van der Waals surface area contributed by atoms with E-state index in [9.17, 15) is 14.0 Å². The Kier molecular flexibility index (Phi) is 6.29. The zero-order valence-electron chi connectivity index (χ0n) is 12.8. The second kappa shape index (κ2) is 8.43. The fourth-order valence-electron chi connectivity index (χ4n) is 2.18. The van der Waals surface area contributed by atoms with Crippen LogP contribution in [0.3, 0.4) is 0 Å². The van der Waals surface area contributed by atoms with Crippen LogP contribution in [0.4, 0.5) is 4.39 Å². The summed E-state index contributed by atoms with van der Waals surface area (Å²) in [6, 6.07) is 9.68. The summed E-state index contributed by atoms with van der Waals surface area (Å²) in [7, 11) is 1.31. The molecule has 2 rings (SSSR count). The molecule has 6 heteroatoms. The minimum atomic E-state index is -0.421. The van der Waals surface area contributed by atoms with Gasteiger partial charge in [-0.1, -0.05) is 24.3 Å². The first kappa shape index (κ1) is 17.1. The average molecular weight is 335 g/mol. The normalized spacial score (nSPS) is 11.7. The number of amides is 1. The largest absolute Gasteiger partial charge is 0.469 e. The summed E-state index contributed by atoms with van der Waals surface area (Å²) in [6.07, 6.45) is 0.542. The van der Waals surface area contributed by atoms with Gasteiger partial charge in [0, 0.05) is 11.3 Å². The van der Waals surface area contributed by atoms with Crippen molar-refractivity contribution >= 4 is 23.2 Å². The molecular formula is C17H18FNO3S. The fourth-order valence-corrected chi connectivity index (χ4v) is 2.96. The molecule has 0 spiro atoms. The molecule has 0 saturated heterocycles. The lowest BCUT2D eigenvalue weighted by atomic mass is 10.1. The third-order valence-corrected chi connectivity index (χ3v) is 4.39. The van der Waals surface area contributed by atoms with Crippen molar-refractivity contribution in [1.82, 2.24) is 5.32 Å². The van der Waals surface area contributed by atoms with Crippen molar-refractivity contribution in [2.45, 2.75) is 25.3 Å². The highest BCUT2D eigenvalue weighted by atomic mass is 32.1. The highest BCUT2D eigenvalue weighted by molar-refractivity contribution is 7.10. The van der Waals surface area contributed by atoms with Crippen LogP contribution < -0.4 is 5.32 Å². The summed E-state index contributed by atoms with van der Waals surface area (Å²) >= 11 is 1.46. The number of methoxy groups -OCH3 is 1. The third kappa shape index (κ3) is 5.17. The van der Waals surface area contributed by atoms with Gasteiger partial charge in [-0.3, -0.25) is 9.59 Å². The second-order valence-corrected chi connectivity index (χ2v) is 5.99. The highest BCUT2D eigenvalue weighted by Gasteiger charge is 2.19. The van der Waals surface area contributed by atoms with Crippen molar-refractivity contribution in [1.29, 1.82) is 0 Å². The van der Waals surface area contributed by atoms with Gasteiger partial charge in [0.1, 0.15) is 5.82 Å². The molecule has 122 valence electrons. The maximum atomic E-state index is 13.6. The molecule has 4 nitrogen and oxygen atoms in total. The lowest BCUT2D eigenvalue weighted by molar-refractivity contribution is -0.141. The lowest BCUT2D eigenvalue weighted by Crippen LogP contribution is -2.30. The van der Waals surface area contributed by atoms with E-state index in [2.05, 4.69) is 10.1 Å². The summed E-state index contributed by atoms with van der Waals surface area (Å²) in [5, 5.41) is 4.70. The van der Waals surface area contributed by atoms with Gasteiger partial charge in [0.2, 0.25) is 5.91 Å². The molecule has 1 aromatic heterocycles. The van der Waals surface area contributed by atoms with Crippen molar-refractivity contribution < 1.29 is 18.7 Å². The van der Waals surface area contributed by atoms with Crippen LogP contribution in [-0.4, -0.2) is 19.0 Å². The van der Waals surface area contributed by atoms with Crippen molar-refractivity contribution in [3.63, 3.8) is 0 Å². The number of carbonyl (C=O) groups is 2. The number of aryl methyl sites for hydroxylation is 1. The molecule has 0 saturated carbocycles. The average Bonchev–Trinajstić information content (AvgIpc) is 3.07. The van der Waals surface area contributed by atoms with Gasteiger partial charge in [-0.15, -0.1) is 11.3 Å². The first-order valence-electron chi connectivity index (χ1n) is 7.23. The molecule has 23 heavy (non-hydrogen) atoms. The molecular weight excluding hydrogens is 317 g/mol. The van der Waals surface area contributed by atoms with Crippen LogP contribution in [0.5, 0.6) is 0 Å². The van der Waals surface area contributed by atoms with Crippen LogP contribution in [0.2, 0.25) is 0 Å². The SMILES string of the molecule is COC(=O)CC(NC(=O)CCc1ccccc1F)c1cccs1. The van der Waals surface area contributed by atoms with Crippen LogP contribution in [0.15, 0.2) is 41.8 Å². The predicted molar refractivity (Wildman–Crippen MR) is 86.6 cm³/mol. The number of halogens is 1. The van der Waals surface area contributed by atoms with E-state index in [0.29, 0.717) is 12.0 Å². The number of hydrogen-bond donors (Lipinski definition) is 1. The minimum Gasteiger partial charge on any atom is -0.469 e.